The highest BCUT2D eigenvalue weighted by molar-refractivity contribution is 7.89. The van der Waals surface area contributed by atoms with Crippen LogP contribution >= 0.6 is 0 Å². The molecule has 1 saturated heterocycles. The minimum atomic E-state index is -3.08. The average Bonchev–Trinajstić information content (AvgIpc) is 2.66. The van der Waals surface area contributed by atoms with E-state index < -0.39 is 10.0 Å². The van der Waals surface area contributed by atoms with Crippen LogP contribution in [0, 0.1) is 0 Å². The summed E-state index contributed by atoms with van der Waals surface area (Å²) in [7, 11) is -3.08. The van der Waals surface area contributed by atoms with Crippen molar-refractivity contribution in [3.05, 3.63) is 35.9 Å². The van der Waals surface area contributed by atoms with Crippen LogP contribution in [0.25, 0.3) is 0 Å². The van der Waals surface area contributed by atoms with Crippen LogP contribution < -0.4 is 17.0 Å². The first kappa shape index (κ1) is 24.6. The van der Waals surface area contributed by atoms with Crippen molar-refractivity contribution < 1.29 is 29.9 Å². The molecule has 0 radical (unpaired) electrons. The summed E-state index contributed by atoms with van der Waals surface area (Å²) in [6, 6.07) is 10.6. The van der Waals surface area contributed by atoms with Gasteiger partial charge in [0.1, 0.15) is 6.54 Å². The summed E-state index contributed by atoms with van der Waals surface area (Å²) in [5.74, 6) is 0.323. The maximum atomic E-state index is 12.7. The number of hydrogen-bond acceptors (Lipinski definition) is 2. The average molecular weight is 462 g/mol. The fourth-order valence-electron chi connectivity index (χ4n) is 3.90. The van der Waals surface area contributed by atoms with Crippen molar-refractivity contribution >= 4 is 10.0 Å². The summed E-state index contributed by atoms with van der Waals surface area (Å²) in [5, 5.41) is 0. The molecule has 1 fully saturated rings. The number of sulfonamides is 1. The molecule has 1 aliphatic heterocycles. The third-order valence-corrected chi connectivity index (χ3v) is 7.78. The monoisotopic (exact) mass is 460 g/mol. The molecule has 0 amide bonds. The molecule has 156 valence electrons. The molecule has 0 saturated carbocycles. The van der Waals surface area contributed by atoms with Crippen LogP contribution in [0.1, 0.15) is 57.9 Å². The van der Waals surface area contributed by atoms with Crippen molar-refractivity contribution in [2.45, 2.75) is 58.9 Å². The number of benzene rings is 1. The third kappa shape index (κ3) is 7.84. The Bertz CT molecular complexity index is 614. The molecule has 0 spiro atoms. The van der Waals surface area contributed by atoms with Gasteiger partial charge in [0.05, 0.1) is 38.5 Å². The Hall–Kier alpha value is -0.430. The van der Waals surface area contributed by atoms with Crippen molar-refractivity contribution in [1.29, 1.82) is 0 Å². The number of rotatable bonds is 11. The molecule has 6 heteroatoms. The zero-order chi connectivity index (χ0) is 18.9. The summed E-state index contributed by atoms with van der Waals surface area (Å²) >= 11 is 0. The smallest absolute Gasteiger partial charge is 0.214 e. The Labute approximate surface area is 177 Å². The van der Waals surface area contributed by atoms with Crippen LogP contribution in [0.5, 0.6) is 0 Å². The summed E-state index contributed by atoms with van der Waals surface area (Å²) in [5.41, 5.74) is 1.35. The molecule has 0 aliphatic carbocycles. The Morgan fingerprint density at radius 3 is 2.11 bits per heavy atom. The van der Waals surface area contributed by atoms with Gasteiger partial charge in [-0.2, -0.15) is 4.31 Å². The quantitative estimate of drug-likeness (QED) is 0.365. The second-order valence-corrected chi connectivity index (χ2v) is 9.82. The number of halogens is 1. The van der Waals surface area contributed by atoms with E-state index >= 15 is 0 Å². The van der Waals surface area contributed by atoms with Crippen LogP contribution in [0.2, 0.25) is 0 Å². The van der Waals surface area contributed by atoms with Crippen LogP contribution in [-0.2, 0) is 16.6 Å². The first-order chi connectivity index (χ1) is 12.5. The van der Waals surface area contributed by atoms with Gasteiger partial charge in [-0.15, -0.1) is 0 Å². The van der Waals surface area contributed by atoms with Crippen LogP contribution in [-0.4, -0.2) is 55.7 Å². The summed E-state index contributed by atoms with van der Waals surface area (Å²) in [6.45, 7) is 9.65. The highest BCUT2D eigenvalue weighted by atomic mass is 79.9. The van der Waals surface area contributed by atoms with E-state index in [2.05, 4.69) is 38.1 Å². The van der Waals surface area contributed by atoms with Crippen LogP contribution in [0.15, 0.2) is 30.3 Å². The van der Waals surface area contributed by atoms with Crippen molar-refractivity contribution in [3.8, 4) is 0 Å². The zero-order valence-corrected chi connectivity index (χ0v) is 19.5. The first-order valence-electron chi connectivity index (χ1n) is 10.4. The summed E-state index contributed by atoms with van der Waals surface area (Å²) < 4.78 is 28.0. The molecule has 27 heavy (non-hydrogen) atoms. The second kappa shape index (κ2) is 12.2. The Morgan fingerprint density at radius 2 is 1.52 bits per heavy atom. The molecule has 0 bridgehead atoms. The van der Waals surface area contributed by atoms with E-state index in [1.165, 1.54) is 24.8 Å². The number of unbranched alkanes of at least 4 members (excludes halogenated alkanes) is 5. The largest absolute Gasteiger partial charge is 1.00 e. The Balaban J connectivity index is 0.00000364. The lowest BCUT2D eigenvalue weighted by Crippen LogP contribution is -3.00. The van der Waals surface area contributed by atoms with Crippen LogP contribution in [0.4, 0.5) is 0 Å². The highest BCUT2D eigenvalue weighted by Crippen LogP contribution is 2.20. The van der Waals surface area contributed by atoms with Gasteiger partial charge in [-0.25, -0.2) is 8.42 Å². The maximum Gasteiger partial charge on any atom is 0.214 e. The normalized spacial score (nSPS) is 17.4. The van der Waals surface area contributed by atoms with Gasteiger partial charge >= 0.3 is 0 Å². The number of quaternary nitrogens is 1. The molecule has 1 aliphatic rings. The molecule has 1 heterocycles. The van der Waals surface area contributed by atoms with E-state index in [1.807, 2.05) is 6.07 Å². The topological polar surface area (TPSA) is 37.4 Å². The molecule has 2 rings (SSSR count). The lowest BCUT2D eigenvalue weighted by molar-refractivity contribution is -0.942. The van der Waals surface area contributed by atoms with Gasteiger partial charge in [-0.05, 0) is 13.3 Å². The van der Waals surface area contributed by atoms with E-state index in [4.69, 9.17) is 0 Å². The Kier molecular flexibility index (Phi) is 11.1. The van der Waals surface area contributed by atoms with Gasteiger partial charge in [0.25, 0.3) is 0 Å². The fraction of sp³-hybridized carbons (Fsp3) is 0.714. The van der Waals surface area contributed by atoms with Crippen molar-refractivity contribution in [2.75, 3.05) is 38.5 Å². The SMILES string of the molecule is CCCCCCCCS(=O)(=O)N1CC[N+](CC)(Cc2ccccc2)CC1.[Br-]. The maximum absolute atomic E-state index is 12.7. The van der Waals surface area contributed by atoms with E-state index in [1.54, 1.807) is 4.31 Å². The standard InChI is InChI=1S/C21H37N2O2S.BrH/c1-3-5-6-7-8-12-19-26(24,25)22-15-17-23(4-2,18-16-22)20-21-13-10-9-11-14-21;/h9-11,13-14H,3-8,12,15-20H2,1-2H3;1H/q+1;/p-1. The predicted molar refractivity (Wildman–Crippen MR) is 109 cm³/mol. The molecular weight excluding hydrogens is 424 g/mol. The molecule has 0 unspecified atom stereocenters. The number of hydrogen-bond donors (Lipinski definition) is 0. The summed E-state index contributed by atoms with van der Waals surface area (Å²) in [4.78, 5) is 0. The lowest BCUT2D eigenvalue weighted by Gasteiger charge is -2.44. The molecule has 0 aromatic heterocycles. The fourth-order valence-corrected chi connectivity index (χ4v) is 5.45. The van der Waals surface area contributed by atoms with Crippen molar-refractivity contribution in [2.24, 2.45) is 0 Å². The van der Waals surface area contributed by atoms with Gasteiger partial charge in [-0.1, -0.05) is 69.4 Å². The van der Waals surface area contributed by atoms with Crippen LogP contribution in [0.3, 0.4) is 0 Å². The molecule has 0 N–H and O–H groups in total. The molecular formula is C21H37BrN2O2S. The number of piperazine rings is 1. The van der Waals surface area contributed by atoms with E-state index in [-0.39, 0.29) is 17.0 Å². The molecule has 0 atom stereocenters. The zero-order valence-electron chi connectivity index (χ0n) is 17.1. The van der Waals surface area contributed by atoms with Gasteiger partial charge in [0.2, 0.25) is 10.0 Å². The van der Waals surface area contributed by atoms with Crippen molar-refractivity contribution in [1.82, 2.24) is 4.31 Å². The number of nitrogens with zero attached hydrogens (tertiary/aromatic N) is 2. The molecule has 4 nitrogen and oxygen atoms in total. The second-order valence-electron chi connectivity index (χ2n) is 7.73. The first-order valence-corrected chi connectivity index (χ1v) is 12.0. The van der Waals surface area contributed by atoms with E-state index in [0.717, 1.165) is 49.9 Å². The predicted octanol–water partition coefficient (Wildman–Crippen LogP) is 1.03. The Morgan fingerprint density at radius 1 is 0.926 bits per heavy atom. The highest BCUT2D eigenvalue weighted by Gasteiger charge is 2.35. The summed E-state index contributed by atoms with van der Waals surface area (Å²) in [6.07, 6.45) is 6.73. The number of likely N-dealkylation sites (N-methyl/N-ethyl adjacent to an activating group) is 1. The van der Waals surface area contributed by atoms with Gasteiger partial charge in [-0.3, -0.25) is 0 Å². The van der Waals surface area contributed by atoms with E-state index in [0.29, 0.717) is 18.8 Å². The van der Waals surface area contributed by atoms with Gasteiger partial charge in [0.15, 0.2) is 0 Å². The molecule has 1 aromatic carbocycles. The molecule has 1 aromatic rings. The van der Waals surface area contributed by atoms with Crippen molar-refractivity contribution in [3.63, 3.8) is 0 Å². The lowest BCUT2D eigenvalue weighted by atomic mass is 10.1. The van der Waals surface area contributed by atoms with Gasteiger partial charge < -0.3 is 21.5 Å². The third-order valence-electron chi connectivity index (χ3n) is 5.83. The minimum Gasteiger partial charge on any atom is -1.00 e. The van der Waals surface area contributed by atoms with E-state index in [9.17, 15) is 8.42 Å². The van der Waals surface area contributed by atoms with Gasteiger partial charge in [0, 0.05) is 5.56 Å². The minimum absolute atomic E-state index is 0.